The maximum Gasteiger partial charge on any atom is 0.0343 e. The fourth-order valence-electron chi connectivity index (χ4n) is 3.69. The van der Waals surface area contributed by atoms with Crippen LogP contribution in [0.2, 0.25) is 0 Å². The van der Waals surface area contributed by atoms with Crippen LogP contribution in [-0.4, -0.2) is 6.04 Å². The van der Waals surface area contributed by atoms with Crippen LogP contribution >= 0.6 is 0 Å². The van der Waals surface area contributed by atoms with Crippen LogP contribution in [0.1, 0.15) is 39.0 Å². The van der Waals surface area contributed by atoms with Crippen LogP contribution in [0.4, 0.5) is 0 Å². The molecule has 0 amide bonds. The van der Waals surface area contributed by atoms with E-state index in [0.717, 1.165) is 23.3 Å². The molecule has 0 saturated heterocycles. The van der Waals surface area contributed by atoms with E-state index in [0.29, 0.717) is 0 Å². The zero-order chi connectivity index (χ0) is 8.89. The van der Waals surface area contributed by atoms with Crippen molar-refractivity contribution in [3.8, 4) is 0 Å². The van der Waals surface area contributed by atoms with Crippen LogP contribution in [0.25, 0.3) is 0 Å². The summed E-state index contributed by atoms with van der Waals surface area (Å²) in [5.41, 5.74) is 0.746. The minimum atomic E-state index is 0.746. The Balaban J connectivity index is 1.77. The van der Waals surface area contributed by atoms with Crippen molar-refractivity contribution in [2.75, 3.05) is 0 Å². The molecule has 0 spiro atoms. The summed E-state index contributed by atoms with van der Waals surface area (Å²) in [5, 5.41) is 3.62. The minimum Gasteiger partial charge on any atom is -0.388 e. The van der Waals surface area contributed by atoms with E-state index in [9.17, 15) is 0 Å². The summed E-state index contributed by atoms with van der Waals surface area (Å²) in [5.74, 6) is 2.02. The van der Waals surface area contributed by atoms with Crippen molar-refractivity contribution in [3.63, 3.8) is 0 Å². The summed E-state index contributed by atoms with van der Waals surface area (Å²) in [6.45, 7) is 2.34. The number of hydrogen-bond donors (Lipinski definition) is 1. The first-order valence-corrected chi connectivity index (χ1v) is 5.75. The molecule has 1 heterocycles. The third-order valence-corrected chi connectivity index (χ3v) is 4.57. The van der Waals surface area contributed by atoms with Gasteiger partial charge >= 0.3 is 0 Å². The summed E-state index contributed by atoms with van der Waals surface area (Å²) in [6, 6.07) is 0.812. The van der Waals surface area contributed by atoms with Crippen molar-refractivity contribution in [1.29, 1.82) is 0 Å². The third-order valence-electron chi connectivity index (χ3n) is 4.57. The molecule has 3 aliphatic carbocycles. The number of allylic oxidation sites excluding steroid dienone is 1. The van der Waals surface area contributed by atoms with Gasteiger partial charge in [-0.05, 0) is 49.1 Å². The van der Waals surface area contributed by atoms with Gasteiger partial charge in [-0.25, -0.2) is 0 Å². The van der Waals surface area contributed by atoms with Crippen LogP contribution < -0.4 is 5.32 Å². The standard InChI is InChI=1S/C12H19N/c1-2-10-4-3-5-13-11(10)12-6-9(7-12)8-12/h3,5,9-11,13H,2,4,6-8H2,1H3/t9?,10-,11-,12?/m1/s1. The summed E-state index contributed by atoms with van der Waals surface area (Å²) >= 11 is 0. The number of rotatable bonds is 2. The van der Waals surface area contributed by atoms with Gasteiger partial charge < -0.3 is 5.32 Å². The summed E-state index contributed by atoms with van der Waals surface area (Å²) in [6.07, 6.45) is 11.7. The highest BCUT2D eigenvalue weighted by Gasteiger charge is 2.61. The maximum absolute atomic E-state index is 3.62. The molecule has 4 rings (SSSR count). The Morgan fingerprint density at radius 1 is 1.38 bits per heavy atom. The van der Waals surface area contributed by atoms with Crippen LogP contribution in [0.3, 0.4) is 0 Å². The summed E-state index contributed by atoms with van der Waals surface area (Å²) < 4.78 is 0. The summed E-state index contributed by atoms with van der Waals surface area (Å²) in [4.78, 5) is 0. The van der Waals surface area contributed by atoms with Crippen LogP contribution in [0, 0.1) is 17.3 Å². The quantitative estimate of drug-likeness (QED) is 0.684. The van der Waals surface area contributed by atoms with E-state index in [1.165, 1.54) is 32.1 Å². The predicted molar refractivity (Wildman–Crippen MR) is 54.2 cm³/mol. The van der Waals surface area contributed by atoms with Crippen LogP contribution in [0.15, 0.2) is 12.3 Å². The van der Waals surface area contributed by atoms with E-state index >= 15 is 0 Å². The van der Waals surface area contributed by atoms with Crippen LogP contribution in [0.5, 0.6) is 0 Å². The van der Waals surface area contributed by atoms with Gasteiger partial charge in [0.1, 0.15) is 0 Å². The van der Waals surface area contributed by atoms with E-state index in [-0.39, 0.29) is 0 Å². The smallest absolute Gasteiger partial charge is 0.0343 e. The molecule has 3 fully saturated rings. The van der Waals surface area contributed by atoms with E-state index in [4.69, 9.17) is 0 Å². The van der Waals surface area contributed by atoms with Crippen molar-refractivity contribution < 1.29 is 0 Å². The molecule has 1 nitrogen and oxygen atoms in total. The Bertz CT molecular complexity index is 226. The van der Waals surface area contributed by atoms with E-state index in [1.807, 2.05) is 0 Å². The van der Waals surface area contributed by atoms with Crippen LogP contribution in [-0.2, 0) is 0 Å². The maximum atomic E-state index is 3.62. The SMILES string of the molecule is CC[C@@H]1CC=CN[C@H]1C12CC(C1)C2. The van der Waals surface area contributed by atoms with Gasteiger partial charge in [0.15, 0.2) is 0 Å². The lowest BCUT2D eigenvalue weighted by molar-refractivity contribution is -0.144. The molecule has 1 N–H and O–H groups in total. The average Bonchev–Trinajstić information content (AvgIpc) is 2.00. The molecule has 13 heavy (non-hydrogen) atoms. The van der Waals surface area contributed by atoms with E-state index in [2.05, 4.69) is 24.5 Å². The Morgan fingerprint density at radius 2 is 2.15 bits per heavy atom. The van der Waals surface area contributed by atoms with E-state index < -0.39 is 0 Å². The average molecular weight is 177 g/mol. The molecule has 3 saturated carbocycles. The fourth-order valence-corrected chi connectivity index (χ4v) is 3.69. The first-order chi connectivity index (χ1) is 6.34. The highest BCUT2D eigenvalue weighted by atomic mass is 15.0. The minimum absolute atomic E-state index is 0.746. The Labute approximate surface area is 80.6 Å². The molecule has 0 aromatic rings. The second kappa shape index (κ2) is 2.52. The third kappa shape index (κ3) is 0.934. The fraction of sp³-hybridized carbons (Fsp3) is 0.833. The first kappa shape index (κ1) is 7.90. The van der Waals surface area contributed by atoms with Crippen molar-refractivity contribution >= 4 is 0 Å². The highest BCUT2D eigenvalue weighted by Crippen LogP contribution is 2.67. The summed E-state index contributed by atoms with van der Waals surface area (Å²) in [7, 11) is 0. The molecular weight excluding hydrogens is 158 g/mol. The number of hydrogen-bond acceptors (Lipinski definition) is 1. The van der Waals surface area contributed by atoms with Gasteiger partial charge in [-0.1, -0.05) is 19.4 Å². The molecule has 0 radical (unpaired) electrons. The highest BCUT2D eigenvalue weighted by molar-refractivity contribution is 5.16. The van der Waals surface area contributed by atoms with Crippen molar-refractivity contribution in [3.05, 3.63) is 12.3 Å². The van der Waals surface area contributed by atoms with Crippen molar-refractivity contribution in [2.24, 2.45) is 17.3 Å². The predicted octanol–water partition coefficient (Wildman–Crippen LogP) is 2.69. The lowest BCUT2D eigenvalue weighted by Crippen LogP contribution is -2.64. The second-order valence-corrected chi connectivity index (χ2v) is 5.29. The zero-order valence-electron chi connectivity index (χ0n) is 8.42. The molecule has 4 aliphatic rings. The first-order valence-electron chi connectivity index (χ1n) is 5.75. The van der Waals surface area contributed by atoms with Gasteiger partial charge in [0.05, 0.1) is 0 Å². The Morgan fingerprint density at radius 3 is 2.69 bits per heavy atom. The zero-order valence-corrected chi connectivity index (χ0v) is 8.42. The van der Waals surface area contributed by atoms with Gasteiger partial charge in [-0.2, -0.15) is 0 Å². The molecule has 72 valence electrons. The Hall–Kier alpha value is -0.460. The molecule has 0 unspecified atom stereocenters. The molecule has 2 bridgehead atoms. The topological polar surface area (TPSA) is 12.0 Å². The Kier molecular flexibility index (Phi) is 1.53. The molecule has 1 heteroatoms. The number of nitrogens with one attached hydrogen (secondary N) is 1. The largest absolute Gasteiger partial charge is 0.388 e. The molecular formula is C12H19N. The van der Waals surface area contributed by atoms with E-state index in [1.54, 1.807) is 0 Å². The van der Waals surface area contributed by atoms with Crippen molar-refractivity contribution in [1.82, 2.24) is 5.32 Å². The normalized spacial score (nSPS) is 51.9. The van der Waals surface area contributed by atoms with Gasteiger partial charge in [0.25, 0.3) is 0 Å². The van der Waals surface area contributed by atoms with Crippen molar-refractivity contribution in [2.45, 2.75) is 45.1 Å². The molecule has 2 atom stereocenters. The molecule has 0 aromatic carbocycles. The van der Waals surface area contributed by atoms with Gasteiger partial charge in [-0.15, -0.1) is 0 Å². The second-order valence-electron chi connectivity index (χ2n) is 5.29. The molecule has 1 aliphatic heterocycles. The van der Waals surface area contributed by atoms with Gasteiger partial charge in [0, 0.05) is 6.04 Å². The lowest BCUT2D eigenvalue weighted by Gasteiger charge is -2.67. The monoisotopic (exact) mass is 177 g/mol. The lowest BCUT2D eigenvalue weighted by atomic mass is 9.40. The van der Waals surface area contributed by atoms with Gasteiger partial charge in [-0.3, -0.25) is 0 Å². The molecule has 0 aromatic heterocycles. The van der Waals surface area contributed by atoms with Gasteiger partial charge in [0.2, 0.25) is 0 Å².